The summed E-state index contributed by atoms with van der Waals surface area (Å²) < 4.78 is 17.8. The molecule has 2 aromatic rings. The Kier molecular flexibility index (Phi) is 7.12. The maximum atomic E-state index is 12.6. The van der Waals surface area contributed by atoms with Crippen LogP contribution in [0, 0.1) is 48.7 Å². The zero-order valence-corrected chi connectivity index (χ0v) is 14.9. The second kappa shape index (κ2) is 9.73. The van der Waals surface area contributed by atoms with E-state index in [1.807, 2.05) is 11.0 Å². The number of non-ortho nitro benzene ring substituents is 2. The summed E-state index contributed by atoms with van der Waals surface area (Å²) in [6.45, 7) is 2.63. The number of nitro groups is 2. The van der Waals surface area contributed by atoms with E-state index in [1.165, 1.54) is 18.2 Å². The molecule has 29 heavy (non-hydrogen) atoms. The summed E-state index contributed by atoms with van der Waals surface area (Å²) in [7, 11) is 0. The number of halogens is 1. The van der Waals surface area contributed by atoms with E-state index in [0.717, 1.165) is 23.9 Å². The fourth-order valence-corrected chi connectivity index (χ4v) is 2.52. The van der Waals surface area contributed by atoms with Crippen molar-refractivity contribution in [3.05, 3.63) is 73.6 Å². The summed E-state index contributed by atoms with van der Waals surface area (Å²) in [5.74, 6) is -0.747. The fraction of sp³-hybridized carbons (Fsp3) is 0.222. The summed E-state index contributed by atoms with van der Waals surface area (Å²) in [5.41, 5.74) is 0.415. The van der Waals surface area contributed by atoms with Crippen molar-refractivity contribution in [2.75, 3.05) is 31.2 Å². The Morgan fingerprint density at radius 1 is 0.931 bits per heavy atom. The van der Waals surface area contributed by atoms with Crippen molar-refractivity contribution in [2.45, 2.75) is 0 Å². The molecule has 1 saturated heterocycles. The third-order valence-corrected chi connectivity index (χ3v) is 3.94. The maximum absolute atomic E-state index is 12.6. The molecule has 11 heteroatoms. The van der Waals surface area contributed by atoms with E-state index in [-0.39, 0.29) is 16.9 Å². The summed E-state index contributed by atoms with van der Waals surface area (Å²) >= 11 is 0. The molecule has 0 N–H and O–H groups in total. The van der Waals surface area contributed by atoms with E-state index in [0.29, 0.717) is 31.9 Å². The Hall–Kier alpha value is -4.09. The van der Waals surface area contributed by atoms with Gasteiger partial charge in [0, 0.05) is 37.4 Å². The number of hydrogen-bond donors (Lipinski definition) is 0. The van der Waals surface area contributed by atoms with Crippen LogP contribution in [0.25, 0.3) is 0 Å². The zero-order chi connectivity index (χ0) is 21.4. The highest BCUT2D eigenvalue weighted by molar-refractivity contribution is 5.63. The number of hydrogen-bond acceptors (Lipinski definition) is 8. The molecule has 0 bridgehead atoms. The van der Waals surface area contributed by atoms with E-state index in [4.69, 9.17) is 15.3 Å². The molecule has 3 rings (SSSR count). The predicted molar refractivity (Wildman–Crippen MR) is 98.6 cm³/mol. The number of benzene rings is 2. The second-order valence-corrected chi connectivity index (χ2v) is 5.70. The first kappa shape index (κ1) is 21.2. The quantitative estimate of drug-likeness (QED) is 0.565. The minimum atomic E-state index is -0.747. The predicted octanol–water partition coefficient (Wildman–Crippen LogP) is 2.91. The van der Waals surface area contributed by atoms with E-state index in [1.54, 1.807) is 6.07 Å². The zero-order valence-electron chi connectivity index (χ0n) is 14.9. The molecule has 0 aromatic heterocycles. The Morgan fingerprint density at radius 2 is 1.45 bits per heavy atom. The first-order valence-electron chi connectivity index (χ1n) is 8.22. The Morgan fingerprint density at radius 3 is 1.97 bits per heavy atom. The van der Waals surface area contributed by atoms with E-state index >= 15 is 0 Å². The first-order valence-corrected chi connectivity index (χ1v) is 8.22. The lowest BCUT2D eigenvalue weighted by molar-refractivity contribution is -0.385. The lowest BCUT2D eigenvalue weighted by Crippen LogP contribution is -2.36. The maximum Gasteiger partial charge on any atom is 0.270 e. The number of nitriles is 2. The number of rotatable bonds is 3. The van der Waals surface area contributed by atoms with Crippen LogP contribution in [0.1, 0.15) is 11.1 Å². The molecule has 0 unspecified atom stereocenters. The molecule has 1 fully saturated rings. The Bertz CT molecular complexity index is 1010. The van der Waals surface area contributed by atoms with Crippen LogP contribution in [0.5, 0.6) is 0 Å². The molecule has 0 radical (unpaired) electrons. The van der Waals surface area contributed by atoms with Gasteiger partial charge in [-0.1, -0.05) is 0 Å². The van der Waals surface area contributed by atoms with Gasteiger partial charge < -0.3 is 9.64 Å². The number of morpholine rings is 1. The van der Waals surface area contributed by atoms with Crippen molar-refractivity contribution in [1.82, 2.24) is 0 Å². The molecule has 0 spiro atoms. The molecule has 2 aromatic carbocycles. The molecule has 1 aliphatic rings. The van der Waals surface area contributed by atoms with E-state index in [2.05, 4.69) is 0 Å². The van der Waals surface area contributed by atoms with Crippen LogP contribution >= 0.6 is 0 Å². The standard InChI is InChI=1S/C11H11N3O3.C7H3FN2O2/c12-8-9-7-10(14(15)16)1-2-11(9)13-3-5-17-6-4-13;8-7-2-1-6(10(11)12)3-5(7)4-9/h1-2,7H,3-6H2;1-3H. The average Bonchev–Trinajstić information content (AvgIpc) is 2.74. The highest BCUT2D eigenvalue weighted by Gasteiger charge is 2.17. The van der Waals surface area contributed by atoms with Gasteiger partial charge in [0.1, 0.15) is 18.0 Å². The number of nitro benzene ring substituents is 2. The number of nitrogens with zero attached hydrogens (tertiary/aromatic N) is 5. The Balaban J connectivity index is 0.000000221. The molecular weight excluding hydrogens is 385 g/mol. The minimum Gasteiger partial charge on any atom is -0.378 e. The lowest BCUT2D eigenvalue weighted by Gasteiger charge is -2.29. The van der Waals surface area contributed by atoms with Crippen LogP contribution in [-0.4, -0.2) is 36.1 Å². The third kappa shape index (κ3) is 5.45. The van der Waals surface area contributed by atoms with E-state index in [9.17, 15) is 24.6 Å². The summed E-state index contributed by atoms with van der Waals surface area (Å²) in [6, 6.07) is 10.7. The molecule has 148 valence electrons. The van der Waals surface area contributed by atoms with Crippen LogP contribution in [-0.2, 0) is 4.74 Å². The summed E-state index contributed by atoms with van der Waals surface area (Å²) in [4.78, 5) is 21.6. The summed E-state index contributed by atoms with van der Waals surface area (Å²) in [6.07, 6.45) is 0. The lowest BCUT2D eigenvalue weighted by atomic mass is 10.1. The van der Waals surface area contributed by atoms with Gasteiger partial charge >= 0.3 is 0 Å². The SMILES string of the molecule is N#Cc1cc([N+](=O)[O-])ccc1F.N#Cc1cc([N+](=O)[O-])ccc1N1CCOCC1. The molecule has 0 amide bonds. The van der Waals surface area contributed by atoms with Crippen LogP contribution in [0.15, 0.2) is 36.4 Å². The van der Waals surface area contributed by atoms with Gasteiger partial charge in [0.15, 0.2) is 0 Å². The molecule has 1 heterocycles. The van der Waals surface area contributed by atoms with Crippen LogP contribution in [0.4, 0.5) is 21.5 Å². The topological polar surface area (TPSA) is 146 Å². The van der Waals surface area contributed by atoms with Gasteiger partial charge in [-0.15, -0.1) is 0 Å². The largest absolute Gasteiger partial charge is 0.378 e. The fourth-order valence-electron chi connectivity index (χ4n) is 2.52. The number of ether oxygens (including phenoxy) is 1. The van der Waals surface area contributed by atoms with Crippen molar-refractivity contribution < 1.29 is 19.0 Å². The van der Waals surface area contributed by atoms with Crippen molar-refractivity contribution >= 4 is 17.1 Å². The Labute approximate surface area is 164 Å². The van der Waals surface area contributed by atoms with Crippen molar-refractivity contribution in [1.29, 1.82) is 10.5 Å². The second-order valence-electron chi connectivity index (χ2n) is 5.70. The average molecular weight is 399 g/mol. The third-order valence-electron chi connectivity index (χ3n) is 3.94. The summed E-state index contributed by atoms with van der Waals surface area (Å²) in [5, 5.41) is 38.1. The van der Waals surface area contributed by atoms with Crippen molar-refractivity contribution in [2.24, 2.45) is 0 Å². The van der Waals surface area contributed by atoms with Gasteiger partial charge in [-0.2, -0.15) is 10.5 Å². The van der Waals surface area contributed by atoms with Crippen LogP contribution in [0.3, 0.4) is 0 Å². The van der Waals surface area contributed by atoms with E-state index < -0.39 is 15.7 Å². The van der Waals surface area contributed by atoms with Crippen molar-refractivity contribution in [3.63, 3.8) is 0 Å². The molecular formula is C18H14FN5O5. The van der Waals surface area contributed by atoms with Gasteiger partial charge in [-0.3, -0.25) is 20.2 Å². The van der Waals surface area contributed by atoms with Crippen LogP contribution in [0.2, 0.25) is 0 Å². The molecule has 0 aliphatic carbocycles. The van der Waals surface area contributed by atoms with Gasteiger partial charge in [-0.05, 0) is 12.1 Å². The highest BCUT2D eigenvalue weighted by atomic mass is 19.1. The van der Waals surface area contributed by atoms with Gasteiger partial charge in [-0.25, -0.2) is 4.39 Å². The molecule has 1 aliphatic heterocycles. The molecule has 0 saturated carbocycles. The van der Waals surface area contributed by atoms with Gasteiger partial charge in [0.05, 0.1) is 39.9 Å². The first-order chi connectivity index (χ1) is 13.9. The smallest absolute Gasteiger partial charge is 0.270 e. The minimum absolute atomic E-state index is 0.0569. The normalized spacial score (nSPS) is 12.7. The van der Waals surface area contributed by atoms with Crippen LogP contribution < -0.4 is 4.90 Å². The van der Waals surface area contributed by atoms with Crippen molar-refractivity contribution in [3.8, 4) is 12.1 Å². The van der Waals surface area contributed by atoms with Gasteiger partial charge in [0.25, 0.3) is 11.4 Å². The highest BCUT2D eigenvalue weighted by Crippen LogP contribution is 2.25. The molecule has 0 atom stereocenters. The number of anilines is 1. The molecule has 10 nitrogen and oxygen atoms in total. The monoisotopic (exact) mass is 399 g/mol. The van der Waals surface area contributed by atoms with Gasteiger partial charge in [0.2, 0.25) is 0 Å².